The minimum absolute atomic E-state index is 0.198. The average molecular weight is 214 g/mol. The molecule has 1 N–H and O–H groups in total. The van der Waals surface area contributed by atoms with Gasteiger partial charge in [0, 0.05) is 18.1 Å². The second-order valence-corrected chi connectivity index (χ2v) is 4.52. The van der Waals surface area contributed by atoms with Crippen molar-refractivity contribution in [2.75, 3.05) is 12.9 Å². The second-order valence-electron chi connectivity index (χ2n) is 3.56. The molecule has 0 aliphatic heterocycles. The Balaban J connectivity index is 2.48. The maximum Gasteiger partial charge on any atom is 0.312 e. The van der Waals surface area contributed by atoms with Crippen molar-refractivity contribution in [1.29, 1.82) is 0 Å². The van der Waals surface area contributed by atoms with E-state index < -0.39 is 5.41 Å². The topological polar surface area (TPSA) is 55.0 Å². The first-order valence-corrected chi connectivity index (χ1v) is 5.25. The zero-order chi connectivity index (χ0) is 10.6. The Kier molecular flexibility index (Phi) is 3.57. The number of nitrogens with zero attached hydrogens (tertiary/aromatic N) is 1. The van der Waals surface area contributed by atoms with E-state index in [0.717, 1.165) is 5.16 Å². The number of imidazole rings is 1. The Morgan fingerprint density at radius 3 is 2.93 bits per heavy atom. The van der Waals surface area contributed by atoms with Crippen molar-refractivity contribution >= 4 is 17.7 Å². The van der Waals surface area contributed by atoms with Gasteiger partial charge in [0.05, 0.1) is 12.5 Å². The van der Waals surface area contributed by atoms with Crippen molar-refractivity contribution in [3.8, 4) is 0 Å². The third kappa shape index (κ3) is 2.77. The molecule has 0 saturated heterocycles. The maximum absolute atomic E-state index is 11.3. The molecule has 0 amide bonds. The summed E-state index contributed by atoms with van der Waals surface area (Å²) in [6.45, 7) is 3.71. The van der Waals surface area contributed by atoms with Gasteiger partial charge in [-0.15, -0.1) is 0 Å². The predicted molar refractivity (Wildman–Crippen MR) is 55.1 cm³/mol. The van der Waals surface area contributed by atoms with E-state index in [1.165, 1.54) is 18.9 Å². The van der Waals surface area contributed by atoms with Gasteiger partial charge in [-0.25, -0.2) is 4.98 Å². The Morgan fingerprint density at radius 2 is 2.43 bits per heavy atom. The third-order valence-corrected chi connectivity index (χ3v) is 3.14. The van der Waals surface area contributed by atoms with Crippen LogP contribution in [0.3, 0.4) is 0 Å². The van der Waals surface area contributed by atoms with E-state index in [1.54, 1.807) is 12.4 Å². The molecule has 0 atom stereocenters. The van der Waals surface area contributed by atoms with Crippen LogP contribution in [0, 0.1) is 5.41 Å². The summed E-state index contributed by atoms with van der Waals surface area (Å²) >= 11 is 1.51. The monoisotopic (exact) mass is 214 g/mol. The number of aromatic amines is 1. The lowest BCUT2D eigenvalue weighted by Crippen LogP contribution is -2.28. The average Bonchev–Trinajstić information content (AvgIpc) is 2.66. The highest BCUT2D eigenvalue weighted by Gasteiger charge is 2.28. The fraction of sp³-hybridized carbons (Fsp3) is 0.556. The number of nitrogens with one attached hydrogen (secondary N) is 1. The number of hydrogen-bond donors (Lipinski definition) is 1. The number of ether oxygens (including phenoxy) is 1. The van der Waals surface area contributed by atoms with Gasteiger partial charge in [-0.2, -0.15) is 0 Å². The molecule has 4 nitrogen and oxygen atoms in total. The van der Waals surface area contributed by atoms with Gasteiger partial charge in [-0.3, -0.25) is 4.79 Å². The van der Waals surface area contributed by atoms with Gasteiger partial charge in [0.15, 0.2) is 5.16 Å². The summed E-state index contributed by atoms with van der Waals surface area (Å²) in [5, 5.41) is 0.821. The summed E-state index contributed by atoms with van der Waals surface area (Å²) in [6.07, 6.45) is 3.45. The van der Waals surface area contributed by atoms with Crippen LogP contribution in [-0.2, 0) is 9.53 Å². The van der Waals surface area contributed by atoms with E-state index in [4.69, 9.17) is 4.74 Å². The van der Waals surface area contributed by atoms with Crippen LogP contribution in [0.25, 0.3) is 0 Å². The van der Waals surface area contributed by atoms with Crippen LogP contribution in [0.15, 0.2) is 17.6 Å². The van der Waals surface area contributed by atoms with E-state index in [1.807, 2.05) is 13.8 Å². The summed E-state index contributed by atoms with van der Waals surface area (Å²) in [4.78, 5) is 18.4. The molecule has 0 saturated carbocycles. The third-order valence-electron chi connectivity index (χ3n) is 1.78. The van der Waals surface area contributed by atoms with Crippen molar-refractivity contribution in [2.24, 2.45) is 5.41 Å². The molecule has 1 aromatic rings. The second kappa shape index (κ2) is 4.50. The molecule has 0 spiro atoms. The number of thioether (sulfide) groups is 1. The van der Waals surface area contributed by atoms with Crippen LogP contribution < -0.4 is 0 Å². The SMILES string of the molecule is COC(=O)C(C)(C)CSc1ncc[nH]1. The summed E-state index contributed by atoms with van der Waals surface area (Å²) in [5.74, 6) is 0.448. The molecule has 5 heteroatoms. The summed E-state index contributed by atoms with van der Waals surface area (Å²) in [6, 6.07) is 0. The highest BCUT2D eigenvalue weighted by molar-refractivity contribution is 7.99. The van der Waals surface area contributed by atoms with Crippen LogP contribution in [0.1, 0.15) is 13.8 Å². The van der Waals surface area contributed by atoms with Crippen LogP contribution in [0.2, 0.25) is 0 Å². The first-order valence-electron chi connectivity index (χ1n) is 4.27. The van der Waals surface area contributed by atoms with Gasteiger partial charge >= 0.3 is 5.97 Å². The van der Waals surface area contributed by atoms with Gasteiger partial charge in [0.2, 0.25) is 0 Å². The molecule has 1 aromatic heterocycles. The molecular weight excluding hydrogens is 200 g/mol. The number of methoxy groups -OCH3 is 1. The summed E-state index contributed by atoms with van der Waals surface area (Å²) in [5.41, 5.74) is -0.480. The Hall–Kier alpha value is -0.970. The largest absolute Gasteiger partial charge is 0.469 e. The predicted octanol–water partition coefficient (Wildman–Crippen LogP) is 1.70. The Bertz CT molecular complexity index is 296. The number of hydrogen-bond acceptors (Lipinski definition) is 4. The highest BCUT2D eigenvalue weighted by atomic mass is 32.2. The van der Waals surface area contributed by atoms with E-state index >= 15 is 0 Å². The number of esters is 1. The molecule has 0 aromatic carbocycles. The number of carbonyl (C=O) groups excluding carboxylic acids is 1. The van der Waals surface area contributed by atoms with Crippen LogP contribution in [-0.4, -0.2) is 28.8 Å². The van der Waals surface area contributed by atoms with E-state index in [2.05, 4.69) is 9.97 Å². The fourth-order valence-corrected chi connectivity index (χ4v) is 1.82. The van der Waals surface area contributed by atoms with Gasteiger partial charge in [0.25, 0.3) is 0 Å². The normalized spacial score (nSPS) is 11.4. The molecule has 14 heavy (non-hydrogen) atoms. The Labute approximate surface area is 87.4 Å². The molecule has 78 valence electrons. The zero-order valence-electron chi connectivity index (χ0n) is 8.53. The first-order chi connectivity index (χ1) is 6.56. The summed E-state index contributed by atoms with van der Waals surface area (Å²) in [7, 11) is 1.40. The molecule has 0 bridgehead atoms. The van der Waals surface area contributed by atoms with Gasteiger partial charge in [-0.05, 0) is 13.8 Å². The highest BCUT2D eigenvalue weighted by Crippen LogP contribution is 2.26. The maximum atomic E-state index is 11.3. The molecule has 0 aliphatic rings. The van der Waals surface area contributed by atoms with Crippen molar-refractivity contribution in [1.82, 2.24) is 9.97 Å². The fourth-order valence-electron chi connectivity index (χ4n) is 0.914. The quantitative estimate of drug-likeness (QED) is 0.612. The van der Waals surface area contributed by atoms with Gasteiger partial charge in [-0.1, -0.05) is 11.8 Å². The summed E-state index contributed by atoms with van der Waals surface area (Å²) < 4.78 is 4.70. The van der Waals surface area contributed by atoms with Crippen molar-refractivity contribution in [2.45, 2.75) is 19.0 Å². The van der Waals surface area contributed by atoms with Crippen molar-refractivity contribution in [3.05, 3.63) is 12.4 Å². The molecule has 1 heterocycles. The lowest BCUT2D eigenvalue weighted by atomic mass is 9.97. The minimum Gasteiger partial charge on any atom is -0.469 e. The van der Waals surface area contributed by atoms with E-state index in [-0.39, 0.29) is 5.97 Å². The van der Waals surface area contributed by atoms with E-state index in [0.29, 0.717) is 5.75 Å². The van der Waals surface area contributed by atoms with Crippen molar-refractivity contribution < 1.29 is 9.53 Å². The molecule has 0 aliphatic carbocycles. The van der Waals surface area contributed by atoms with Crippen LogP contribution >= 0.6 is 11.8 Å². The first kappa shape index (κ1) is 11.1. The molecular formula is C9H14N2O2S. The number of H-pyrrole nitrogens is 1. The molecule has 0 unspecified atom stereocenters. The number of carbonyl (C=O) groups is 1. The lowest BCUT2D eigenvalue weighted by molar-refractivity contribution is -0.149. The standard InChI is InChI=1S/C9H14N2O2S/c1-9(2,7(12)13-3)6-14-8-10-4-5-11-8/h4-5H,6H2,1-3H3,(H,10,11). The Morgan fingerprint density at radius 1 is 1.71 bits per heavy atom. The molecule has 1 rings (SSSR count). The van der Waals surface area contributed by atoms with Crippen LogP contribution in [0.4, 0.5) is 0 Å². The number of aromatic nitrogens is 2. The van der Waals surface area contributed by atoms with Crippen LogP contribution in [0.5, 0.6) is 0 Å². The van der Waals surface area contributed by atoms with E-state index in [9.17, 15) is 4.79 Å². The van der Waals surface area contributed by atoms with Crippen molar-refractivity contribution in [3.63, 3.8) is 0 Å². The zero-order valence-corrected chi connectivity index (χ0v) is 9.35. The van der Waals surface area contributed by atoms with Gasteiger partial charge in [0.1, 0.15) is 0 Å². The molecule has 0 radical (unpaired) electrons. The van der Waals surface area contributed by atoms with Gasteiger partial charge < -0.3 is 9.72 Å². The molecule has 0 fully saturated rings. The lowest BCUT2D eigenvalue weighted by Gasteiger charge is -2.19. The smallest absolute Gasteiger partial charge is 0.312 e. The minimum atomic E-state index is -0.480. The number of rotatable bonds is 4.